The van der Waals surface area contributed by atoms with Crippen LogP contribution in [-0.2, 0) is 14.3 Å². The van der Waals surface area contributed by atoms with Crippen molar-refractivity contribution in [2.45, 2.75) is 51.7 Å². The van der Waals surface area contributed by atoms with E-state index in [1.807, 2.05) is 20.8 Å². The molecule has 120 valence electrons. The molecular weight excluding hydrogens is 272 g/mol. The molecule has 1 unspecified atom stereocenters. The van der Waals surface area contributed by atoms with Crippen LogP contribution in [0.2, 0.25) is 0 Å². The number of likely N-dealkylation sites (tertiary alicyclic amines) is 1. The van der Waals surface area contributed by atoms with Gasteiger partial charge in [0.25, 0.3) is 0 Å². The quantitative estimate of drug-likeness (QED) is 0.738. The molecule has 0 aromatic rings. The Labute approximate surface area is 126 Å². The number of nitrogens with zero attached hydrogens (tertiary/aromatic N) is 2. The van der Waals surface area contributed by atoms with Crippen molar-refractivity contribution in [2.24, 2.45) is 0 Å². The normalized spacial score (nSPS) is 23.9. The third-order valence-electron chi connectivity index (χ3n) is 3.74. The highest BCUT2D eigenvalue weighted by molar-refractivity contribution is 5.86. The number of morpholine rings is 1. The number of piperidine rings is 1. The van der Waals surface area contributed by atoms with Crippen LogP contribution in [0.5, 0.6) is 0 Å². The lowest BCUT2D eigenvalue weighted by molar-refractivity contribution is -0.142. The van der Waals surface area contributed by atoms with E-state index in [4.69, 9.17) is 9.47 Å². The Morgan fingerprint density at radius 3 is 2.38 bits per heavy atom. The average Bonchev–Trinajstić information content (AvgIpc) is 2.45. The van der Waals surface area contributed by atoms with Gasteiger partial charge in [-0.2, -0.15) is 0 Å². The standard InChI is InChI=1S/C15H26N2O4/c1-15(2,3)21-14(19)17-7-5-4-6-12(17)13(18)16-8-10-20-11-9-16/h12H,4-11H2,1-3H3. The first-order chi connectivity index (χ1) is 9.88. The Morgan fingerprint density at radius 2 is 1.76 bits per heavy atom. The Hall–Kier alpha value is -1.30. The summed E-state index contributed by atoms with van der Waals surface area (Å²) in [6, 6.07) is -0.383. The maximum Gasteiger partial charge on any atom is 0.410 e. The van der Waals surface area contributed by atoms with Gasteiger partial charge in [0.15, 0.2) is 0 Å². The second-order valence-electron chi connectivity index (χ2n) is 6.62. The summed E-state index contributed by atoms with van der Waals surface area (Å²) in [5, 5.41) is 0. The second kappa shape index (κ2) is 6.64. The van der Waals surface area contributed by atoms with Gasteiger partial charge in [0.1, 0.15) is 11.6 Å². The number of carbonyl (C=O) groups is 2. The van der Waals surface area contributed by atoms with Crippen LogP contribution in [0.15, 0.2) is 0 Å². The molecule has 21 heavy (non-hydrogen) atoms. The largest absolute Gasteiger partial charge is 0.444 e. The van der Waals surface area contributed by atoms with E-state index < -0.39 is 5.60 Å². The number of ether oxygens (including phenoxy) is 2. The fourth-order valence-electron chi connectivity index (χ4n) is 2.72. The van der Waals surface area contributed by atoms with Crippen LogP contribution in [0.25, 0.3) is 0 Å². The highest BCUT2D eigenvalue weighted by Gasteiger charge is 2.37. The van der Waals surface area contributed by atoms with E-state index in [2.05, 4.69) is 0 Å². The molecule has 0 bridgehead atoms. The SMILES string of the molecule is CC(C)(C)OC(=O)N1CCCCC1C(=O)N1CCOCC1. The zero-order chi connectivity index (χ0) is 15.5. The van der Waals surface area contributed by atoms with Crippen molar-refractivity contribution in [3.8, 4) is 0 Å². The van der Waals surface area contributed by atoms with Gasteiger partial charge in [0.05, 0.1) is 13.2 Å². The van der Waals surface area contributed by atoms with Crippen LogP contribution in [0.3, 0.4) is 0 Å². The minimum atomic E-state index is -0.541. The molecule has 0 saturated carbocycles. The van der Waals surface area contributed by atoms with E-state index in [9.17, 15) is 9.59 Å². The van der Waals surface area contributed by atoms with E-state index in [0.717, 1.165) is 19.3 Å². The Kier molecular flexibility index (Phi) is 5.08. The van der Waals surface area contributed by atoms with Crippen molar-refractivity contribution in [1.82, 2.24) is 9.80 Å². The van der Waals surface area contributed by atoms with Crippen LogP contribution >= 0.6 is 0 Å². The van der Waals surface area contributed by atoms with Crippen molar-refractivity contribution in [1.29, 1.82) is 0 Å². The molecule has 2 aliphatic heterocycles. The summed E-state index contributed by atoms with van der Waals surface area (Å²) >= 11 is 0. The number of amides is 2. The van der Waals surface area contributed by atoms with Crippen molar-refractivity contribution < 1.29 is 19.1 Å². The fourth-order valence-corrected chi connectivity index (χ4v) is 2.72. The molecule has 1 atom stereocenters. The van der Waals surface area contributed by atoms with Gasteiger partial charge in [-0.1, -0.05) is 0 Å². The Bertz CT molecular complexity index is 386. The monoisotopic (exact) mass is 298 g/mol. The van der Waals surface area contributed by atoms with Crippen molar-refractivity contribution >= 4 is 12.0 Å². The van der Waals surface area contributed by atoms with Gasteiger partial charge in [0.2, 0.25) is 5.91 Å². The Morgan fingerprint density at radius 1 is 1.10 bits per heavy atom. The van der Waals surface area contributed by atoms with Crippen LogP contribution < -0.4 is 0 Å². The van der Waals surface area contributed by atoms with E-state index in [0.29, 0.717) is 32.8 Å². The lowest BCUT2D eigenvalue weighted by Gasteiger charge is -2.39. The fraction of sp³-hybridized carbons (Fsp3) is 0.867. The van der Waals surface area contributed by atoms with Crippen molar-refractivity contribution in [2.75, 3.05) is 32.8 Å². The predicted octanol–water partition coefficient (Wildman–Crippen LogP) is 1.63. The number of carbonyl (C=O) groups excluding carboxylic acids is 2. The molecule has 2 heterocycles. The molecule has 2 amide bonds. The highest BCUT2D eigenvalue weighted by atomic mass is 16.6. The van der Waals surface area contributed by atoms with Gasteiger partial charge in [-0.15, -0.1) is 0 Å². The minimum Gasteiger partial charge on any atom is -0.444 e. The summed E-state index contributed by atoms with van der Waals surface area (Å²) in [6.07, 6.45) is 2.23. The maximum atomic E-state index is 12.7. The molecule has 0 N–H and O–H groups in total. The molecule has 2 rings (SSSR count). The average molecular weight is 298 g/mol. The van der Waals surface area contributed by atoms with Crippen LogP contribution in [-0.4, -0.2) is 66.3 Å². The number of hydrogen-bond donors (Lipinski definition) is 0. The van der Waals surface area contributed by atoms with E-state index >= 15 is 0 Å². The van der Waals surface area contributed by atoms with Gasteiger partial charge in [-0.05, 0) is 40.0 Å². The molecule has 6 heteroatoms. The summed E-state index contributed by atoms with van der Waals surface area (Å²) in [5.41, 5.74) is -0.541. The molecule has 0 aromatic heterocycles. The predicted molar refractivity (Wildman–Crippen MR) is 78.0 cm³/mol. The smallest absolute Gasteiger partial charge is 0.410 e. The minimum absolute atomic E-state index is 0.0314. The third kappa shape index (κ3) is 4.33. The lowest BCUT2D eigenvalue weighted by Crippen LogP contribution is -2.55. The van der Waals surface area contributed by atoms with Crippen LogP contribution in [0, 0.1) is 0 Å². The zero-order valence-corrected chi connectivity index (χ0v) is 13.3. The summed E-state index contributed by atoms with van der Waals surface area (Å²) in [6.45, 7) is 8.48. The van der Waals surface area contributed by atoms with E-state index in [-0.39, 0.29) is 18.0 Å². The van der Waals surface area contributed by atoms with Gasteiger partial charge in [-0.25, -0.2) is 4.79 Å². The molecular formula is C15H26N2O4. The van der Waals surface area contributed by atoms with Gasteiger partial charge >= 0.3 is 6.09 Å². The van der Waals surface area contributed by atoms with Gasteiger partial charge in [-0.3, -0.25) is 9.69 Å². The summed E-state index contributed by atoms with van der Waals surface area (Å²) in [7, 11) is 0. The zero-order valence-electron chi connectivity index (χ0n) is 13.3. The second-order valence-corrected chi connectivity index (χ2v) is 6.62. The van der Waals surface area contributed by atoms with Gasteiger partial charge < -0.3 is 14.4 Å². The molecule has 2 saturated heterocycles. The Balaban J connectivity index is 2.04. The third-order valence-corrected chi connectivity index (χ3v) is 3.74. The lowest BCUT2D eigenvalue weighted by atomic mass is 10.0. The highest BCUT2D eigenvalue weighted by Crippen LogP contribution is 2.22. The molecule has 0 spiro atoms. The maximum absolute atomic E-state index is 12.7. The topological polar surface area (TPSA) is 59.1 Å². The molecule has 0 aliphatic carbocycles. The number of hydrogen-bond acceptors (Lipinski definition) is 4. The van der Waals surface area contributed by atoms with Crippen LogP contribution in [0.1, 0.15) is 40.0 Å². The first kappa shape index (κ1) is 16.1. The summed E-state index contributed by atoms with van der Waals surface area (Å²) < 4.78 is 10.7. The summed E-state index contributed by atoms with van der Waals surface area (Å²) in [5.74, 6) is 0.0314. The molecule has 2 aliphatic rings. The summed E-state index contributed by atoms with van der Waals surface area (Å²) in [4.78, 5) is 28.4. The number of rotatable bonds is 1. The van der Waals surface area contributed by atoms with Crippen molar-refractivity contribution in [3.63, 3.8) is 0 Å². The first-order valence-electron chi connectivity index (χ1n) is 7.74. The van der Waals surface area contributed by atoms with Crippen molar-refractivity contribution in [3.05, 3.63) is 0 Å². The van der Waals surface area contributed by atoms with E-state index in [1.165, 1.54) is 0 Å². The molecule has 6 nitrogen and oxygen atoms in total. The van der Waals surface area contributed by atoms with Gasteiger partial charge in [0, 0.05) is 19.6 Å². The first-order valence-corrected chi connectivity index (χ1v) is 7.74. The van der Waals surface area contributed by atoms with E-state index in [1.54, 1.807) is 9.80 Å². The molecule has 2 fully saturated rings. The molecule has 0 aromatic carbocycles. The van der Waals surface area contributed by atoms with Crippen LogP contribution in [0.4, 0.5) is 4.79 Å². The molecule has 0 radical (unpaired) electrons.